The van der Waals surface area contributed by atoms with Gasteiger partial charge in [-0.1, -0.05) is 24.3 Å². The van der Waals surface area contributed by atoms with Gasteiger partial charge < -0.3 is 19.5 Å². The molecule has 1 N–H and O–H groups in total. The van der Waals surface area contributed by atoms with Gasteiger partial charge >= 0.3 is 6.09 Å². The van der Waals surface area contributed by atoms with Crippen LogP contribution < -0.4 is 10.1 Å². The minimum Gasteiger partial charge on any atom is -0.474 e. The molecule has 2 heterocycles. The Morgan fingerprint density at radius 3 is 2.32 bits per heavy atom. The SMILES string of the molecule is COCCOc1ccc(CCc2ccc(CN3CCC(NC(=O)OC(C)(C)C)CC3)cc2)nn1. The van der Waals surface area contributed by atoms with Gasteiger partial charge in [-0.3, -0.25) is 4.90 Å². The molecule has 34 heavy (non-hydrogen) atoms. The number of benzene rings is 1. The number of carbonyl (C=O) groups is 1. The molecule has 0 radical (unpaired) electrons. The molecule has 1 aromatic carbocycles. The largest absolute Gasteiger partial charge is 0.474 e. The number of rotatable bonds is 10. The Hall–Kier alpha value is -2.71. The topological polar surface area (TPSA) is 85.8 Å². The maximum absolute atomic E-state index is 12.0. The Morgan fingerprint density at radius 1 is 1.00 bits per heavy atom. The second-order valence-corrected chi connectivity index (χ2v) is 9.72. The van der Waals surface area contributed by atoms with Crippen LogP contribution in [0.1, 0.15) is 50.4 Å². The lowest BCUT2D eigenvalue weighted by Crippen LogP contribution is -2.45. The first-order valence-electron chi connectivity index (χ1n) is 12.0. The number of aromatic nitrogens is 2. The van der Waals surface area contributed by atoms with Gasteiger partial charge in [0.2, 0.25) is 5.88 Å². The second-order valence-electron chi connectivity index (χ2n) is 9.72. The normalized spacial score (nSPS) is 15.2. The van der Waals surface area contributed by atoms with Gasteiger partial charge in [-0.05, 0) is 63.6 Å². The number of ether oxygens (including phenoxy) is 3. The van der Waals surface area contributed by atoms with Crippen molar-refractivity contribution in [3.05, 3.63) is 53.2 Å². The minimum atomic E-state index is -0.464. The predicted octanol–water partition coefficient (Wildman–Crippen LogP) is 3.78. The van der Waals surface area contributed by atoms with Gasteiger partial charge in [0.05, 0.1) is 12.3 Å². The van der Waals surface area contributed by atoms with Gasteiger partial charge in [-0.15, -0.1) is 5.10 Å². The molecule has 0 unspecified atom stereocenters. The molecule has 0 saturated carbocycles. The van der Waals surface area contributed by atoms with Crippen LogP contribution in [0.25, 0.3) is 0 Å². The van der Waals surface area contributed by atoms with Crippen LogP contribution in [0.2, 0.25) is 0 Å². The number of aryl methyl sites for hydroxylation is 2. The molecule has 1 amide bonds. The zero-order valence-corrected chi connectivity index (χ0v) is 20.9. The van der Waals surface area contributed by atoms with Gasteiger partial charge in [-0.2, -0.15) is 5.10 Å². The van der Waals surface area contributed by atoms with Crippen LogP contribution in [-0.2, 0) is 28.9 Å². The van der Waals surface area contributed by atoms with Gasteiger partial charge in [-0.25, -0.2) is 4.79 Å². The van der Waals surface area contributed by atoms with E-state index in [9.17, 15) is 4.79 Å². The number of alkyl carbamates (subject to hydrolysis) is 1. The van der Waals surface area contributed by atoms with E-state index >= 15 is 0 Å². The van der Waals surface area contributed by atoms with Crippen LogP contribution >= 0.6 is 0 Å². The molecule has 1 aliphatic heterocycles. The zero-order chi connectivity index (χ0) is 24.4. The summed E-state index contributed by atoms with van der Waals surface area (Å²) in [6.07, 6.45) is 3.31. The molecular weight excluding hydrogens is 432 g/mol. The first-order valence-corrected chi connectivity index (χ1v) is 12.0. The Morgan fingerprint density at radius 2 is 1.71 bits per heavy atom. The highest BCUT2D eigenvalue weighted by Crippen LogP contribution is 2.16. The number of hydrogen-bond acceptors (Lipinski definition) is 7. The summed E-state index contributed by atoms with van der Waals surface area (Å²) in [4.78, 5) is 14.4. The van der Waals surface area contributed by atoms with Gasteiger partial charge in [0, 0.05) is 38.9 Å². The summed E-state index contributed by atoms with van der Waals surface area (Å²) in [6, 6.07) is 12.8. The second kappa shape index (κ2) is 12.7. The van der Waals surface area contributed by atoms with E-state index in [1.807, 2.05) is 32.9 Å². The maximum atomic E-state index is 12.0. The van der Waals surface area contributed by atoms with Crippen LogP contribution in [0.3, 0.4) is 0 Å². The van der Waals surface area contributed by atoms with E-state index in [4.69, 9.17) is 14.2 Å². The summed E-state index contributed by atoms with van der Waals surface area (Å²) < 4.78 is 15.8. The number of nitrogens with zero attached hydrogens (tertiary/aromatic N) is 3. The molecule has 0 spiro atoms. The number of piperidine rings is 1. The molecule has 1 aromatic heterocycles. The monoisotopic (exact) mass is 470 g/mol. The lowest BCUT2D eigenvalue weighted by atomic mass is 10.0. The van der Waals surface area contributed by atoms with Crippen molar-refractivity contribution in [3.8, 4) is 5.88 Å². The van der Waals surface area contributed by atoms with Crippen LogP contribution in [0.4, 0.5) is 4.79 Å². The van der Waals surface area contributed by atoms with Gasteiger partial charge in [0.1, 0.15) is 12.2 Å². The highest BCUT2D eigenvalue weighted by Gasteiger charge is 2.23. The fourth-order valence-electron chi connectivity index (χ4n) is 3.84. The number of hydrogen-bond donors (Lipinski definition) is 1. The number of amides is 1. The molecule has 8 heteroatoms. The Labute approximate surface area is 203 Å². The Kier molecular flexibility index (Phi) is 9.65. The fraction of sp³-hybridized carbons (Fsp3) is 0.577. The highest BCUT2D eigenvalue weighted by atomic mass is 16.6. The summed E-state index contributed by atoms with van der Waals surface area (Å²) in [5, 5.41) is 11.4. The predicted molar refractivity (Wildman–Crippen MR) is 131 cm³/mol. The van der Waals surface area contributed by atoms with Crippen molar-refractivity contribution < 1.29 is 19.0 Å². The van der Waals surface area contributed by atoms with Crippen molar-refractivity contribution in [3.63, 3.8) is 0 Å². The van der Waals surface area contributed by atoms with Crippen LogP contribution in [0.5, 0.6) is 5.88 Å². The first kappa shape index (κ1) is 25.9. The number of likely N-dealkylation sites (tertiary alicyclic amines) is 1. The van der Waals surface area contributed by atoms with Crippen molar-refractivity contribution in [2.45, 2.75) is 64.6 Å². The molecule has 1 aliphatic rings. The average molecular weight is 471 g/mol. The summed E-state index contributed by atoms with van der Waals surface area (Å²) in [6.45, 7) is 9.50. The molecule has 2 aromatic rings. The molecule has 3 rings (SSSR count). The molecule has 0 bridgehead atoms. The summed E-state index contributed by atoms with van der Waals surface area (Å²) in [7, 11) is 1.64. The van der Waals surface area contributed by atoms with E-state index in [0.717, 1.165) is 51.0 Å². The van der Waals surface area contributed by atoms with Gasteiger partial charge in [0.15, 0.2) is 0 Å². The van der Waals surface area contributed by atoms with E-state index in [2.05, 4.69) is 44.7 Å². The van der Waals surface area contributed by atoms with E-state index in [0.29, 0.717) is 19.1 Å². The molecule has 8 nitrogen and oxygen atoms in total. The van der Waals surface area contributed by atoms with Gasteiger partial charge in [0.25, 0.3) is 0 Å². The molecule has 1 fully saturated rings. The van der Waals surface area contributed by atoms with Crippen molar-refractivity contribution in [2.24, 2.45) is 0 Å². The van der Waals surface area contributed by atoms with Crippen molar-refractivity contribution in [1.29, 1.82) is 0 Å². The molecule has 186 valence electrons. The van der Waals surface area contributed by atoms with Crippen molar-refractivity contribution >= 4 is 6.09 Å². The van der Waals surface area contributed by atoms with Crippen molar-refractivity contribution in [2.75, 3.05) is 33.4 Å². The standard InChI is InChI=1S/C26H38N4O4/c1-26(2,3)34-25(31)27-22-13-15-30(16-14-22)19-21-7-5-20(6-8-21)9-10-23-11-12-24(29-28-23)33-18-17-32-4/h5-8,11-12,22H,9-10,13-19H2,1-4H3,(H,27,31). The van der Waals surface area contributed by atoms with Crippen LogP contribution in [-0.4, -0.2) is 66.2 Å². The molecule has 0 atom stereocenters. The molecule has 1 saturated heterocycles. The summed E-state index contributed by atoms with van der Waals surface area (Å²) in [5.74, 6) is 0.523. The molecular formula is C26H38N4O4. The third kappa shape index (κ3) is 9.27. The highest BCUT2D eigenvalue weighted by molar-refractivity contribution is 5.68. The average Bonchev–Trinajstić information content (AvgIpc) is 2.80. The number of nitrogens with one attached hydrogen (secondary N) is 1. The Balaban J connectivity index is 1.37. The summed E-state index contributed by atoms with van der Waals surface area (Å²) >= 11 is 0. The van der Waals surface area contributed by atoms with Crippen molar-refractivity contribution in [1.82, 2.24) is 20.4 Å². The number of methoxy groups -OCH3 is 1. The van der Waals surface area contributed by atoms with E-state index in [1.54, 1.807) is 7.11 Å². The van der Waals surface area contributed by atoms with E-state index in [-0.39, 0.29) is 12.1 Å². The maximum Gasteiger partial charge on any atom is 0.407 e. The fourth-order valence-corrected chi connectivity index (χ4v) is 3.84. The van der Waals surface area contributed by atoms with E-state index in [1.165, 1.54) is 11.1 Å². The smallest absolute Gasteiger partial charge is 0.407 e. The summed E-state index contributed by atoms with van der Waals surface area (Å²) in [5.41, 5.74) is 3.07. The molecule has 0 aliphatic carbocycles. The van der Waals surface area contributed by atoms with Crippen LogP contribution in [0, 0.1) is 0 Å². The first-order chi connectivity index (χ1) is 16.3. The van der Waals surface area contributed by atoms with Crippen LogP contribution in [0.15, 0.2) is 36.4 Å². The minimum absolute atomic E-state index is 0.183. The quantitative estimate of drug-likeness (QED) is 0.529. The lowest BCUT2D eigenvalue weighted by Gasteiger charge is -2.32. The zero-order valence-electron chi connectivity index (χ0n) is 20.9. The third-order valence-corrected chi connectivity index (χ3v) is 5.64. The lowest BCUT2D eigenvalue weighted by molar-refractivity contribution is 0.0477. The Bertz CT molecular complexity index is 873. The third-order valence-electron chi connectivity index (χ3n) is 5.64. The van der Waals surface area contributed by atoms with E-state index < -0.39 is 5.60 Å². The number of carbonyl (C=O) groups excluding carboxylic acids is 1.